The van der Waals surface area contributed by atoms with Crippen LogP contribution in [0.2, 0.25) is 0 Å². The molecule has 2 atom stereocenters. The Bertz CT molecular complexity index is 370. The van der Waals surface area contributed by atoms with Crippen molar-refractivity contribution in [3.05, 3.63) is 22.4 Å². The Labute approximate surface area is 114 Å². The Morgan fingerprint density at radius 3 is 2.89 bits per heavy atom. The van der Waals surface area contributed by atoms with E-state index in [1.807, 2.05) is 0 Å². The Morgan fingerprint density at radius 1 is 1.39 bits per heavy atom. The van der Waals surface area contributed by atoms with E-state index in [9.17, 15) is 0 Å². The van der Waals surface area contributed by atoms with Crippen LogP contribution in [-0.2, 0) is 11.3 Å². The van der Waals surface area contributed by atoms with Crippen molar-refractivity contribution >= 4 is 11.3 Å². The molecule has 0 aromatic carbocycles. The molecular formula is C15H23NOS. The molecule has 2 saturated carbocycles. The van der Waals surface area contributed by atoms with Crippen molar-refractivity contribution in [2.45, 2.75) is 57.3 Å². The average Bonchev–Trinajstić information content (AvgIpc) is 2.92. The van der Waals surface area contributed by atoms with Gasteiger partial charge in [-0.3, -0.25) is 0 Å². The van der Waals surface area contributed by atoms with E-state index in [0.29, 0.717) is 17.6 Å². The summed E-state index contributed by atoms with van der Waals surface area (Å²) in [7, 11) is 2.11. The van der Waals surface area contributed by atoms with Gasteiger partial charge in [0, 0.05) is 16.3 Å². The Morgan fingerprint density at radius 2 is 2.22 bits per heavy atom. The van der Waals surface area contributed by atoms with Crippen molar-refractivity contribution in [2.75, 3.05) is 7.05 Å². The van der Waals surface area contributed by atoms with Crippen molar-refractivity contribution in [3.8, 4) is 0 Å². The standard InChI is InChI=1S/C15H23NOS/c1-16-13-10-14(15(13)7-3-2-4-8-15)17-11-12-6-5-9-18-12/h5-6,9,13-14,16H,2-4,7-8,10-11H2,1H3. The van der Waals surface area contributed by atoms with Gasteiger partial charge in [-0.15, -0.1) is 11.3 Å². The predicted octanol–water partition coefficient (Wildman–Crippen LogP) is 3.58. The SMILES string of the molecule is CNC1CC(OCc2cccs2)C12CCCCC2. The topological polar surface area (TPSA) is 21.3 Å². The van der Waals surface area contributed by atoms with Crippen LogP contribution < -0.4 is 5.32 Å². The van der Waals surface area contributed by atoms with Crippen LogP contribution in [0.15, 0.2) is 17.5 Å². The average molecular weight is 265 g/mol. The molecule has 2 nitrogen and oxygen atoms in total. The van der Waals surface area contributed by atoms with Crippen molar-refractivity contribution in [3.63, 3.8) is 0 Å². The van der Waals surface area contributed by atoms with Gasteiger partial charge in [0.15, 0.2) is 0 Å². The molecule has 0 saturated heterocycles. The molecule has 0 radical (unpaired) electrons. The van der Waals surface area contributed by atoms with Crippen LogP contribution in [0.4, 0.5) is 0 Å². The van der Waals surface area contributed by atoms with Crippen LogP contribution in [0, 0.1) is 5.41 Å². The third-order valence-corrected chi connectivity index (χ3v) is 5.77. The number of rotatable bonds is 4. The van der Waals surface area contributed by atoms with Gasteiger partial charge < -0.3 is 10.1 Å². The lowest BCUT2D eigenvalue weighted by molar-refractivity contribution is -0.156. The van der Waals surface area contributed by atoms with E-state index in [0.717, 1.165) is 6.61 Å². The van der Waals surface area contributed by atoms with Crippen LogP contribution in [0.5, 0.6) is 0 Å². The van der Waals surface area contributed by atoms with Crippen LogP contribution in [0.25, 0.3) is 0 Å². The molecule has 1 N–H and O–H groups in total. The zero-order chi connectivity index (χ0) is 12.4. The first-order chi connectivity index (χ1) is 8.85. The highest BCUT2D eigenvalue weighted by atomic mass is 32.1. The molecule has 0 amide bonds. The lowest BCUT2D eigenvalue weighted by atomic mass is 9.55. The molecule has 2 unspecified atom stereocenters. The van der Waals surface area contributed by atoms with E-state index in [1.54, 1.807) is 11.3 Å². The molecule has 2 aliphatic rings. The van der Waals surface area contributed by atoms with Gasteiger partial charge in [0.2, 0.25) is 0 Å². The number of thiophene rings is 1. The molecule has 2 aliphatic carbocycles. The van der Waals surface area contributed by atoms with Crippen molar-refractivity contribution in [1.82, 2.24) is 5.32 Å². The zero-order valence-corrected chi connectivity index (χ0v) is 12.0. The van der Waals surface area contributed by atoms with Gasteiger partial charge in [0.05, 0.1) is 12.7 Å². The number of nitrogens with one attached hydrogen (secondary N) is 1. The molecule has 2 fully saturated rings. The van der Waals surface area contributed by atoms with E-state index in [4.69, 9.17) is 4.74 Å². The quantitative estimate of drug-likeness (QED) is 0.898. The maximum absolute atomic E-state index is 6.22. The normalized spacial score (nSPS) is 30.3. The van der Waals surface area contributed by atoms with Crippen LogP contribution in [0.1, 0.15) is 43.4 Å². The summed E-state index contributed by atoms with van der Waals surface area (Å²) in [4.78, 5) is 1.36. The van der Waals surface area contributed by atoms with E-state index >= 15 is 0 Å². The Balaban J connectivity index is 1.61. The van der Waals surface area contributed by atoms with Crippen molar-refractivity contribution in [2.24, 2.45) is 5.41 Å². The highest BCUT2D eigenvalue weighted by Gasteiger charge is 2.54. The molecule has 18 heavy (non-hydrogen) atoms. The minimum absolute atomic E-state index is 0.449. The number of ether oxygens (including phenoxy) is 1. The third kappa shape index (κ3) is 2.13. The molecule has 1 aromatic heterocycles. The summed E-state index contributed by atoms with van der Waals surface area (Å²) in [6, 6.07) is 4.97. The van der Waals surface area contributed by atoms with Crippen molar-refractivity contribution in [1.29, 1.82) is 0 Å². The zero-order valence-electron chi connectivity index (χ0n) is 11.2. The largest absolute Gasteiger partial charge is 0.372 e. The molecule has 100 valence electrons. The molecule has 0 bridgehead atoms. The van der Waals surface area contributed by atoms with Gasteiger partial charge in [-0.1, -0.05) is 25.3 Å². The minimum atomic E-state index is 0.449. The summed E-state index contributed by atoms with van der Waals surface area (Å²) < 4.78 is 6.22. The number of hydrogen-bond donors (Lipinski definition) is 1. The van der Waals surface area contributed by atoms with Gasteiger partial charge >= 0.3 is 0 Å². The minimum Gasteiger partial charge on any atom is -0.372 e. The molecular weight excluding hydrogens is 242 g/mol. The second kappa shape index (κ2) is 5.32. The predicted molar refractivity (Wildman–Crippen MR) is 75.9 cm³/mol. The Kier molecular flexibility index (Phi) is 3.73. The fourth-order valence-corrected chi connectivity index (χ4v) is 4.47. The van der Waals surface area contributed by atoms with E-state index < -0.39 is 0 Å². The van der Waals surface area contributed by atoms with Gasteiger partial charge in [-0.2, -0.15) is 0 Å². The Hall–Kier alpha value is -0.380. The molecule has 3 heteroatoms. The summed E-state index contributed by atoms with van der Waals surface area (Å²) >= 11 is 1.80. The van der Waals surface area contributed by atoms with Gasteiger partial charge in [0.25, 0.3) is 0 Å². The summed E-state index contributed by atoms with van der Waals surface area (Å²) in [6.07, 6.45) is 8.57. The van der Waals surface area contributed by atoms with E-state index in [1.165, 1.54) is 43.4 Å². The third-order valence-electron chi connectivity index (χ3n) is 4.92. The first-order valence-electron chi connectivity index (χ1n) is 7.16. The lowest BCUT2D eigenvalue weighted by Gasteiger charge is -2.57. The number of hydrogen-bond acceptors (Lipinski definition) is 3. The summed E-state index contributed by atoms with van der Waals surface area (Å²) in [6.45, 7) is 0.806. The molecule has 1 spiro atoms. The van der Waals surface area contributed by atoms with E-state index in [2.05, 4.69) is 29.9 Å². The smallest absolute Gasteiger partial charge is 0.0813 e. The maximum Gasteiger partial charge on any atom is 0.0813 e. The van der Waals surface area contributed by atoms with E-state index in [-0.39, 0.29) is 0 Å². The summed E-state index contributed by atoms with van der Waals surface area (Å²) in [5.74, 6) is 0. The second-order valence-electron chi connectivity index (χ2n) is 5.75. The van der Waals surface area contributed by atoms with Crippen LogP contribution in [-0.4, -0.2) is 19.2 Å². The highest BCUT2D eigenvalue weighted by Crippen LogP contribution is 2.53. The lowest BCUT2D eigenvalue weighted by Crippen LogP contribution is -2.63. The molecule has 3 rings (SSSR count). The summed E-state index contributed by atoms with van der Waals surface area (Å²) in [5, 5.41) is 5.64. The first kappa shape index (κ1) is 12.6. The maximum atomic E-state index is 6.22. The first-order valence-corrected chi connectivity index (χ1v) is 8.04. The second-order valence-corrected chi connectivity index (χ2v) is 6.78. The fourth-order valence-electron chi connectivity index (χ4n) is 3.84. The molecule has 1 heterocycles. The van der Waals surface area contributed by atoms with Crippen LogP contribution in [0.3, 0.4) is 0 Å². The van der Waals surface area contributed by atoms with Crippen LogP contribution >= 0.6 is 11.3 Å². The fraction of sp³-hybridized carbons (Fsp3) is 0.733. The molecule has 1 aromatic rings. The highest BCUT2D eigenvalue weighted by molar-refractivity contribution is 7.09. The monoisotopic (exact) mass is 265 g/mol. The van der Waals surface area contributed by atoms with Crippen molar-refractivity contribution < 1.29 is 4.74 Å². The van der Waals surface area contributed by atoms with Gasteiger partial charge in [-0.25, -0.2) is 0 Å². The molecule has 0 aliphatic heterocycles. The van der Waals surface area contributed by atoms with Gasteiger partial charge in [-0.05, 0) is 37.8 Å². The van der Waals surface area contributed by atoms with Gasteiger partial charge in [0.1, 0.15) is 0 Å². The summed E-state index contributed by atoms with van der Waals surface area (Å²) in [5.41, 5.74) is 0.449.